The van der Waals surface area contributed by atoms with Gasteiger partial charge in [0.15, 0.2) is 0 Å². The first-order valence-corrected chi connectivity index (χ1v) is 8.02. The summed E-state index contributed by atoms with van der Waals surface area (Å²) in [4.78, 5) is 20.5. The quantitative estimate of drug-likeness (QED) is 0.906. The first kappa shape index (κ1) is 16.3. The Labute approximate surface area is 141 Å². The van der Waals surface area contributed by atoms with Crippen LogP contribution in [0.1, 0.15) is 11.3 Å². The van der Waals surface area contributed by atoms with E-state index in [0.717, 1.165) is 30.2 Å². The van der Waals surface area contributed by atoms with Crippen molar-refractivity contribution in [2.24, 2.45) is 0 Å². The SMILES string of the molecule is CN(Cc1ccco1)C(=O)NCc1cccnc1N1CCOCC1. The highest BCUT2D eigenvalue weighted by atomic mass is 16.5. The minimum absolute atomic E-state index is 0.150. The monoisotopic (exact) mass is 330 g/mol. The number of ether oxygens (including phenoxy) is 1. The molecule has 1 N–H and O–H groups in total. The molecule has 7 nitrogen and oxygen atoms in total. The summed E-state index contributed by atoms with van der Waals surface area (Å²) < 4.78 is 10.7. The molecule has 24 heavy (non-hydrogen) atoms. The number of aromatic nitrogens is 1. The van der Waals surface area contributed by atoms with Crippen molar-refractivity contribution in [1.29, 1.82) is 0 Å². The van der Waals surface area contributed by atoms with Crippen molar-refractivity contribution in [3.05, 3.63) is 48.0 Å². The smallest absolute Gasteiger partial charge is 0.317 e. The Morgan fingerprint density at radius 3 is 2.92 bits per heavy atom. The normalized spacial score (nSPS) is 14.5. The number of carbonyl (C=O) groups excluding carboxylic acids is 1. The molecule has 1 aliphatic rings. The van der Waals surface area contributed by atoms with Crippen LogP contribution in [0.5, 0.6) is 0 Å². The molecule has 2 aromatic rings. The predicted octanol–water partition coefficient (Wildman–Crippen LogP) is 1.85. The van der Waals surface area contributed by atoms with Gasteiger partial charge < -0.3 is 24.3 Å². The van der Waals surface area contributed by atoms with Crippen LogP contribution in [0.25, 0.3) is 0 Å². The lowest BCUT2D eigenvalue weighted by Gasteiger charge is -2.29. The number of amides is 2. The molecule has 0 bridgehead atoms. The fourth-order valence-corrected chi connectivity index (χ4v) is 2.64. The van der Waals surface area contributed by atoms with Gasteiger partial charge in [-0.15, -0.1) is 0 Å². The number of nitrogens with one attached hydrogen (secondary N) is 1. The number of furan rings is 1. The summed E-state index contributed by atoms with van der Waals surface area (Å²) in [6.07, 6.45) is 3.38. The van der Waals surface area contributed by atoms with Gasteiger partial charge >= 0.3 is 6.03 Å². The predicted molar refractivity (Wildman–Crippen MR) is 89.7 cm³/mol. The lowest BCUT2D eigenvalue weighted by atomic mass is 10.2. The molecule has 0 spiro atoms. The van der Waals surface area contributed by atoms with E-state index in [2.05, 4.69) is 15.2 Å². The molecular weight excluding hydrogens is 308 g/mol. The van der Waals surface area contributed by atoms with Crippen LogP contribution >= 0.6 is 0 Å². The summed E-state index contributed by atoms with van der Waals surface area (Å²) in [6, 6.07) is 7.39. The molecule has 3 rings (SSSR count). The van der Waals surface area contributed by atoms with Gasteiger partial charge in [-0.05, 0) is 18.2 Å². The number of urea groups is 1. The molecule has 0 atom stereocenters. The van der Waals surface area contributed by atoms with Crippen LogP contribution in [-0.2, 0) is 17.8 Å². The Hall–Kier alpha value is -2.54. The number of rotatable bonds is 5. The molecule has 128 valence electrons. The molecule has 2 amide bonds. The minimum Gasteiger partial charge on any atom is -0.467 e. The van der Waals surface area contributed by atoms with Crippen molar-refractivity contribution in [2.75, 3.05) is 38.3 Å². The van der Waals surface area contributed by atoms with Crippen molar-refractivity contribution >= 4 is 11.8 Å². The van der Waals surface area contributed by atoms with Crippen LogP contribution in [0.3, 0.4) is 0 Å². The number of hydrogen-bond donors (Lipinski definition) is 1. The molecule has 0 saturated carbocycles. The van der Waals surface area contributed by atoms with Crippen LogP contribution in [-0.4, -0.2) is 49.3 Å². The standard InChI is InChI=1S/C17H22N4O3/c1-20(13-15-5-3-9-24-15)17(22)19-12-14-4-2-6-18-16(14)21-7-10-23-11-8-21/h2-6,9H,7-8,10-13H2,1H3,(H,19,22). The van der Waals surface area contributed by atoms with Gasteiger partial charge in [-0.2, -0.15) is 0 Å². The molecule has 0 radical (unpaired) electrons. The first-order valence-electron chi connectivity index (χ1n) is 8.02. The molecule has 3 heterocycles. The summed E-state index contributed by atoms with van der Waals surface area (Å²) in [5.74, 6) is 1.66. The van der Waals surface area contributed by atoms with Gasteiger partial charge in [0.2, 0.25) is 0 Å². The zero-order chi connectivity index (χ0) is 16.8. The fourth-order valence-electron chi connectivity index (χ4n) is 2.64. The zero-order valence-electron chi connectivity index (χ0n) is 13.8. The second-order valence-corrected chi connectivity index (χ2v) is 5.68. The fraction of sp³-hybridized carbons (Fsp3) is 0.412. The van der Waals surface area contributed by atoms with Gasteiger partial charge in [0.05, 0.1) is 26.0 Å². The molecule has 0 unspecified atom stereocenters. The van der Waals surface area contributed by atoms with E-state index < -0.39 is 0 Å². The van der Waals surface area contributed by atoms with E-state index in [1.54, 1.807) is 24.4 Å². The maximum Gasteiger partial charge on any atom is 0.317 e. The molecule has 2 aromatic heterocycles. The highest BCUT2D eigenvalue weighted by Crippen LogP contribution is 2.18. The van der Waals surface area contributed by atoms with Gasteiger partial charge in [0.1, 0.15) is 11.6 Å². The van der Waals surface area contributed by atoms with Crippen LogP contribution in [0, 0.1) is 0 Å². The maximum absolute atomic E-state index is 12.2. The highest BCUT2D eigenvalue weighted by Gasteiger charge is 2.17. The first-order chi connectivity index (χ1) is 11.7. The van der Waals surface area contributed by atoms with Gasteiger partial charge in [-0.25, -0.2) is 9.78 Å². The third kappa shape index (κ3) is 4.05. The van der Waals surface area contributed by atoms with E-state index in [1.807, 2.05) is 24.3 Å². The largest absolute Gasteiger partial charge is 0.467 e. The van der Waals surface area contributed by atoms with Crippen LogP contribution in [0.2, 0.25) is 0 Å². The van der Waals surface area contributed by atoms with Gasteiger partial charge in [-0.3, -0.25) is 0 Å². The summed E-state index contributed by atoms with van der Waals surface area (Å²) in [6.45, 7) is 3.90. The Morgan fingerprint density at radius 2 is 2.17 bits per heavy atom. The molecule has 0 aromatic carbocycles. The summed E-state index contributed by atoms with van der Waals surface area (Å²) in [5.41, 5.74) is 0.999. The average molecular weight is 330 g/mol. The van der Waals surface area contributed by atoms with E-state index in [0.29, 0.717) is 26.3 Å². The van der Waals surface area contributed by atoms with Crippen molar-refractivity contribution in [3.63, 3.8) is 0 Å². The highest BCUT2D eigenvalue weighted by molar-refractivity contribution is 5.74. The third-order valence-electron chi connectivity index (χ3n) is 3.93. The summed E-state index contributed by atoms with van der Waals surface area (Å²) in [7, 11) is 1.74. The zero-order valence-corrected chi connectivity index (χ0v) is 13.8. The Kier molecular flexibility index (Phi) is 5.32. The van der Waals surface area contributed by atoms with Crippen LogP contribution in [0.15, 0.2) is 41.1 Å². The van der Waals surface area contributed by atoms with Crippen molar-refractivity contribution in [2.45, 2.75) is 13.1 Å². The lowest BCUT2D eigenvalue weighted by molar-refractivity contribution is 0.122. The number of anilines is 1. The van der Waals surface area contributed by atoms with E-state index in [1.165, 1.54) is 0 Å². The summed E-state index contributed by atoms with van der Waals surface area (Å²) >= 11 is 0. The van der Waals surface area contributed by atoms with Crippen molar-refractivity contribution in [1.82, 2.24) is 15.2 Å². The average Bonchev–Trinajstić information content (AvgIpc) is 3.13. The van der Waals surface area contributed by atoms with Gasteiger partial charge in [0, 0.05) is 38.4 Å². The minimum atomic E-state index is -0.150. The lowest BCUT2D eigenvalue weighted by Crippen LogP contribution is -2.39. The van der Waals surface area contributed by atoms with Crippen LogP contribution < -0.4 is 10.2 Å². The third-order valence-corrected chi connectivity index (χ3v) is 3.93. The molecule has 7 heteroatoms. The van der Waals surface area contributed by atoms with E-state index in [-0.39, 0.29) is 6.03 Å². The topological polar surface area (TPSA) is 70.8 Å². The van der Waals surface area contributed by atoms with Gasteiger partial charge in [-0.1, -0.05) is 6.07 Å². The second-order valence-electron chi connectivity index (χ2n) is 5.68. The Bertz CT molecular complexity index is 654. The Morgan fingerprint density at radius 1 is 1.33 bits per heavy atom. The molecule has 1 aliphatic heterocycles. The molecule has 1 fully saturated rings. The second kappa shape index (κ2) is 7.83. The number of nitrogens with zero attached hydrogens (tertiary/aromatic N) is 3. The summed E-state index contributed by atoms with van der Waals surface area (Å²) in [5, 5.41) is 2.94. The number of pyridine rings is 1. The Balaban J connectivity index is 1.58. The van der Waals surface area contributed by atoms with Crippen LogP contribution in [0.4, 0.5) is 10.6 Å². The molecular formula is C17H22N4O3. The van der Waals surface area contributed by atoms with Crippen molar-refractivity contribution in [3.8, 4) is 0 Å². The van der Waals surface area contributed by atoms with E-state index >= 15 is 0 Å². The number of morpholine rings is 1. The van der Waals surface area contributed by atoms with E-state index in [4.69, 9.17) is 9.15 Å². The van der Waals surface area contributed by atoms with Gasteiger partial charge in [0.25, 0.3) is 0 Å². The number of carbonyl (C=O) groups is 1. The molecule has 0 aliphatic carbocycles. The van der Waals surface area contributed by atoms with Crippen molar-refractivity contribution < 1.29 is 13.9 Å². The maximum atomic E-state index is 12.2. The molecule has 1 saturated heterocycles. The number of hydrogen-bond acceptors (Lipinski definition) is 5. The van der Waals surface area contributed by atoms with E-state index in [9.17, 15) is 4.79 Å².